The molecule has 0 saturated carbocycles. The van der Waals surface area contributed by atoms with Gasteiger partial charge in [-0.25, -0.2) is 23.5 Å². The van der Waals surface area contributed by atoms with Gasteiger partial charge in [0.25, 0.3) is 0 Å². The van der Waals surface area contributed by atoms with Gasteiger partial charge in [0.2, 0.25) is 0 Å². The molecule has 2 bridgehead atoms. The zero-order valence-corrected chi connectivity index (χ0v) is 11.1. The summed E-state index contributed by atoms with van der Waals surface area (Å²) in [6.45, 7) is 0. The van der Waals surface area contributed by atoms with Crippen LogP contribution in [0.2, 0.25) is 0 Å². The average Bonchev–Trinajstić information content (AvgIpc) is 2.97. The van der Waals surface area contributed by atoms with Gasteiger partial charge in [-0.05, 0) is 0 Å². The summed E-state index contributed by atoms with van der Waals surface area (Å²) in [7, 11) is 1.53. The Morgan fingerprint density at radius 3 is 1.80 bits per heavy atom. The summed E-state index contributed by atoms with van der Waals surface area (Å²) < 4.78 is 4.40. The lowest BCUT2D eigenvalue weighted by Gasteiger charge is -2.20. The van der Waals surface area contributed by atoms with Crippen LogP contribution >= 0.6 is 0 Å². The third-order valence-electron chi connectivity index (χ3n) is 4.50. The molecule has 20 heavy (non-hydrogen) atoms. The smallest absolute Gasteiger partial charge is 0.246 e. The average molecular weight is 269 g/mol. The standard InChI is InChI=1S/C15H15N3O2/c1-16-14(19)17-11-8-9-12(18(17)15(16)20)13(11)10-6-4-2-3-5-7-10/h2-13H,1H3/t11-,12-/m0/s1. The van der Waals surface area contributed by atoms with E-state index in [0.717, 1.165) is 0 Å². The molecule has 1 aromatic rings. The number of nitrogens with zero attached hydrogens (tertiary/aromatic N) is 3. The molecular formula is C15H15N3O2. The van der Waals surface area contributed by atoms with Gasteiger partial charge in [-0.2, -0.15) is 0 Å². The van der Waals surface area contributed by atoms with Crippen LogP contribution in [0.5, 0.6) is 0 Å². The number of allylic oxidation sites excluding steroid dienone is 8. The maximum Gasteiger partial charge on any atom is 0.347 e. The maximum atomic E-state index is 12.2. The molecule has 5 nitrogen and oxygen atoms in total. The van der Waals surface area contributed by atoms with E-state index in [9.17, 15) is 9.59 Å². The summed E-state index contributed by atoms with van der Waals surface area (Å²) in [5, 5.41) is 0. The van der Waals surface area contributed by atoms with E-state index < -0.39 is 0 Å². The van der Waals surface area contributed by atoms with Crippen molar-refractivity contribution in [3.8, 4) is 0 Å². The number of hydrogen-bond acceptors (Lipinski definition) is 2. The summed E-state index contributed by atoms with van der Waals surface area (Å²) in [5.41, 5.74) is -0.451. The van der Waals surface area contributed by atoms with Crippen molar-refractivity contribution in [3.63, 3.8) is 0 Å². The van der Waals surface area contributed by atoms with Crippen LogP contribution in [0.3, 0.4) is 0 Å². The molecule has 2 aliphatic carbocycles. The second-order valence-electron chi connectivity index (χ2n) is 5.49. The van der Waals surface area contributed by atoms with E-state index in [-0.39, 0.29) is 35.3 Å². The number of hydrogen-bond donors (Lipinski definition) is 0. The topological polar surface area (TPSA) is 48.9 Å². The van der Waals surface area contributed by atoms with Crippen molar-refractivity contribution in [1.29, 1.82) is 0 Å². The lowest BCUT2D eigenvalue weighted by atomic mass is 9.85. The lowest BCUT2D eigenvalue weighted by molar-refractivity contribution is 0.376. The van der Waals surface area contributed by atoms with E-state index in [4.69, 9.17) is 0 Å². The van der Waals surface area contributed by atoms with Gasteiger partial charge in [-0.3, -0.25) is 0 Å². The van der Waals surface area contributed by atoms with Crippen molar-refractivity contribution < 1.29 is 0 Å². The third kappa shape index (κ3) is 1.27. The Labute approximate surface area is 115 Å². The van der Waals surface area contributed by atoms with Crippen LogP contribution in [0.4, 0.5) is 0 Å². The summed E-state index contributed by atoms with van der Waals surface area (Å²) >= 11 is 0. The normalized spacial score (nSPS) is 30.1. The van der Waals surface area contributed by atoms with Crippen molar-refractivity contribution >= 4 is 0 Å². The van der Waals surface area contributed by atoms with Gasteiger partial charge in [0, 0.05) is 18.9 Å². The van der Waals surface area contributed by atoms with Crippen LogP contribution in [0.1, 0.15) is 12.1 Å². The highest BCUT2D eigenvalue weighted by atomic mass is 16.2. The van der Waals surface area contributed by atoms with E-state index in [0.29, 0.717) is 0 Å². The highest BCUT2D eigenvalue weighted by molar-refractivity contribution is 5.26. The second-order valence-corrected chi connectivity index (χ2v) is 5.49. The Balaban J connectivity index is 1.84. The van der Waals surface area contributed by atoms with Gasteiger partial charge in [0.05, 0.1) is 12.1 Å². The minimum Gasteiger partial charge on any atom is -0.246 e. The van der Waals surface area contributed by atoms with Crippen molar-refractivity contribution in [2.75, 3.05) is 0 Å². The van der Waals surface area contributed by atoms with E-state index >= 15 is 0 Å². The molecule has 0 N–H and O–H groups in total. The Hall–Kier alpha value is -2.30. The van der Waals surface area contributed by atoms with Crippen LogP contribution in [0.25, 0.3) is 0 Å². The maximum absolute atomic E-state index is 12.2. The molecule has 0 aromatic carbocycles. The Morgan fingerprint density at radius 1 is 0.800 bits per heavy atom. The highest BCUT2D eigenvalue weighted by Gasteiger charge is 2.47. The van der Waals surface area contributed by atoms with Crippen LogP contribution in [0, 0.1) is 11.8 Å². The fourth-order valence-electron chi connectivity index (χ4n) is 3.58. The Bertz CT molecular complexity index is 739. The molecule has 3 aliphatic rings. The van der Waals surface area contributed by atoms with Gasteiger partial charge >= 0.3 is 11.4 Å². The first-order chi connectivity index (χ1) is 9.70. The minimum atomic E-state index is -0.225. The molecule has 0 spiro atoms. The summed E-state index contributed by atoms with van der Waals surface area (Å²) in [6.07, 6.45) is 16.4. The van der Waals surface area contributed by atoms with Gasteiger partial charge < -0.3 is 0 Å². The molecule has 2 atom stereocenters. The number of fused-ring (bicyclic) bond motifs is 5. The number of aromatic nitrogens is 3. The Kier molecular flexibility index (Phi) is 2.22. The van der Waals surface area contributed by atoms with Crippen LogP contribution in [-0.2, 0) is 7.05 Å². The first kappa shape index (κ1) is 11.5. The molecule has 1 aromatic heterocycles. The number of rotatable bonds is 1. The quantitative estimate of drug-likeness (QED) is 0.712. The third-order valence-corrected chi connectivity index (χ3v) is 4.50. The second kappa shape index (κ2) is 3.85. The molecule has 1 aliphatic heterocycles. The van der Waals surface area contributed by atoms with E-state index in [1.807, 2.05) is 24.3 Å². The summed E-state index contributed by atoms with van der Waals surface area (Å²) in [6, 6.07) is -0.0578. The first-order valence-electron chi connectivity index (χ1n) is 6.80. The van der Waals surface area contributed by atoms with E-state index in [1.54, 1.807) is 9.36 Å². The molecule has 0 saturated heterocycles. The summed E-state index contributed by atoms with van der Waals surface area (Å²) in [4.78, 5) is 24.4. The van der Waals surface area contributed by atoms with Crippen LogP contribution in [-0.4, -0.2) is 13.9 Å². The molecule has 0 amide bonds. The van der Waals surface area contributed by atoms with Crippen molar-refractivity contribution in [1.82, 2.24) is 13.9 Å². The molecular weight excluding hydrogens is 254 g/mol. The first-order valence-corrected chi connectivity index (χ1v) is 6.80. The molecule has 5 heteroatoms. The Morgan fingerprint density at radius 2 is 1.30 bits per heavy atom. The fraction of sp³-hybridized carbons (Fsp3) is 0.333. The molecule has 2 heterocycles. The predicted molar refractivity (Wildman–Crippen MR) is 75.5 cm³/mol. The van der Waals surface area contributed by atoms with Gasteiger partial charge in [0.1, 0.15) is 0 Å². The lowest BCUT2D eigenvalue weighted by Crippen LogP contribution is -2.30. The molecule has 0 unspecified atom stereocenters. The van der Waals surface area contributed by atoms with E-state index in [1.165, 1.54) is 11.6 Å². The SMILES string of the molecule is Cn1c(=O)n2n(c1=O)[C@H]1C=C[C@H]2C1C1C=CC=CC=C1. The van der Waals surface area contributed by atoms with Crippen molar-refractivity contribution in [3.05, 3.63) is 69.6 Å². The van der Waals surface area contributed by atoms with Crippen molar-refractivity contribution in [2.45, 2.75) is 12.1 Å². The van der Waals surface area contributed by atoms with Crippen LogP contribution in [0.15, 0.2) is 58.2 Å². The monoisotopic (exact) mass is 269 g/mol. The zero-order valence-electron chi connectivity index (χ0n) is 11.1. The van der Waals surface area contributed by atoms with Gasteiger partial charge in [0.15, 0.2) is 0 Å². The minimum absolute atomic E-state index is 0.0289. The van der Waals surface area contributed by atoms with Crippen molar-refractivity contribution in [2.24, 2.45) is 18.9 Å². The molecule has 4 rings (SSSR count). The van der Waals surface area contributed by atoms with Gasteiger partial charge in [-0.15, -0.1) is 0 Å². The largest absolute Gasteiger partial charge is 0.347 e. The molecule has 0 fully saturated rings. The molecule has 102 valence electrons. The zero-order chi connectivity index (χ0) is 13.9. The predicted octanol–water partition coefficient (Wildman–Crippen LogP) is 0.929. The van der Waals surface area contributed by atoms with E-state index in [2.05, 4.69) is 24.3 Å². The molecule has 0 radical (unpaired) electrons. The summed E-state index contributed by atoms with van der Waals surface area (Å²) in [5.74, 6) is 0.440. The van der Waals surface area contributed by atoms with Gasteiger partial charge in [-0.1, -0.05) is 48.6 Å². The highest BCUT2D eigenvalue weighted by Crippen LogP contribution is 2.47. The fourth-order valence-corrected chi connectivity index (χ4v) is 3.58. The van der Waals surface area contributed by atoms with Crippen LogP contribution < -0.4 is 11.4 Å².